The smallest absolute Gasteiger partial charge is 0.266 e. The molecule has 39 heavy (non-hydrogen) atoms. The van der Waals surface area contributed by atoms with Gasteiger partial charge in [-0.1, -0.05) is 48.0 Å². The van der Waals surface area contributed by atoms with Gasteiger partial charge in [0.15, 0.2) is 0 Å². The number of carbonyl (C=O) groups is 1. The molecular formula is C32H26BrClN2O3. The van der Waals surface area contributed by atoms with E-state index < -0.39 is 5.91 Å². The average molecular weight is 602 g/mol. The first kappa shape index (κ1) is 28.0. The summed E-state index contributed by atoms with van der Waals surface area (Å²) in [5.74, 6) is 0.828. The van der Waals surface area contributed by atoms with Crippen LogP contribution in [0.25, 0.3) is 6.08 Å². The van der Waals surface area contributed by atoms with Crippen LogP contribution in [0.15, 0.2) is 95.0 Å². The van der Waals surface area contributed by atoms with Gasteiger partial charge in [-0.15, -0.1) is 0 Å². The number of benzene rings is 4. The second kappa shape index (κ2) is 13.1. The third kappa shape index (κ3) is 7.97. The molecule has 0 saturated heterocycles. The molecule has 0 aliphatic heterocycles. The van der Waals surface area contributed by atoms with Gasteiger partial charge >= 0.3 is 0 Å². The molecule has 0 radical (unpaired) electrons. The summed E-state index contributed by atoms with van der Waals surface area (Å²) in [4.78, 5) is 12.8. The first-order valence-corrected chi connectivity index (χ1v) is 13.4. The van der Waals surface area contributed by atoms with E-state index in [9.17, 15) is 10.1 Å². The Kier molecular flexibility index (Phi) is 9.43. The molecule has 0 spiro atoms. The van der Waals surface area contributed by atoms with Crippen molar-refractivity contribution in [1.29, 1.82) is 5.26 Å². The van der Waals surface area contributed by atoms with Crippen LogP contribution in [0.2, 0.25) is 5.02 Å². The Morgan fingerprint density at radius 3 is 2.26 bits per heavy atom. The number of nitrogens with one attached hydrogen (secondary N) is 1. The van der Waals surface area contributed by atoms with Crippen molar-refractivity contribution in [1.82, 2.24) is 0 Å². The number of carbonyl (C=O) groups excluding carboxylic acids is 1. The highest BCUT2D eigenvalue weighted by molar-refractivity contribution is 9.10. The van der Waals surface area contributed by atoms with Crippen LogP contribution in [0, 0.1) is 25.2 Å². The summed E-state index contributed by atoms with van der Waals surface area (Å²) in [6.07, 6.45) is 1.54. The standard InChI is InChI=1S/C32H26BrClN2O3/c1-21-3-4-25(15-22(21)2)20-39-31-14-7-24(17-30(31)33)16-26(18-35)32(37)36-28-10-12-29(13-11-28)38-19-23-5-8-27(34)9-6-23/h3-17H,19-20H2,1-2H3,(H,36,37)/b26-16+. The maximum absolute atomic E-state index is 12.8. The van der Waals surface area contributed by atoms with Gasteiger partial charge in [0.2, 0.25) is 0 Å². The van der Waals surface area contributed by atoms with E-state index in [1.54, 1.807) is 30.3 Å². The zero-order valence-corrected chi connectivity index (χ0v) is 23.8. The van der Waals surface area contributed by atoms with Crippen LogP contribution in [0.1, 0.15) is 27.8 Å². The molecule has 0 saturated carbocycles. The van der Waals surface area contributed by atoms with E-state index in [-0.39, 0.29) is 5.57 Å². The van der Waals surface area contributed by atoms with Gasteiger partial charge in [-0.25, -0.2) is 0 Å². The largest absolute Gasteiger partial charge is 0.489 e. The fourth-order valence-electron chi connectivity index (χ4n) is 3.67. The Morgan fingerprint density at radius 2 is 1.59 bits per heavy atom. The molecule has 0 fully saturated rings. The van der Waals surface area contributed by atoms with Crippen molar-refractivity contribution < 1.29 is 14.3 Å². The maximum Gasteiger partial charge on any atom is 0.266 e. The lowest BCUT2D eigenvalue weighted by molar-refractivity contribution is -0.112. The normalized spacial score (nSPS) is 11.0. The molecule has 196 valence electrons. The highest BCUT2D eigenvalue weighted by Gasteiger charge is 2.11. The van der Waals surface area contributed by atoms with Gasteiger partial charge in [-0.3, -0.25) is 4.79 Å². The lowest BCUT2D eigenvalue weighted by Gasteiger charge is -2.11. The number of hydrogen-bond donors (Lipinski definition) is 1. The van der Waals surface area contributed by atoms with Crippen LogP contribution in [-0.2, 0) is 18.0 Å². The third-order valence-corrected chi connectivity index (χ3v) is 6.90. The highest BCUT2D eigenvalue weighted by Crippen LogP contribution is 2.28. The summed E-state index contributed by atoms with van der Waals surface area (Å²) in [6.45, 7) is 4.99. The number of aryl methyl sites for hydroxylation is 2. The van der Waals surface area contributed by atoms with Gasteiger partial charge in [-0.05, 0) is 112 Å². The van der Waals surface area contributed by atoms with Gasteiger partial charge in [0, 0.05) is 10.7 Å². The van der Waals surface area contributed by atoms with Gasteiger partial charge in [0.25, 0.3) is 5.91 Å². The Balaban J connectivity index is 1.35. The van der Waals surface area contributed by atoms with Gasteiger partial charge in [0.05, 0.1) is 4.47 Å². The molecule has 0 bridgehead atoms. The Hall–Kier alpha value is -4.05. The molecule has 4 rings (SSSR count). The number of hydrogen-bond acceptors (Lipinski definition) is 4. The molecule has 1 N–H and O–H groups in total. The molecular weight excluding hydrogens is 576 g/mol. The monoisotopic (exact) mass is 600 g/mol. The van der Waals surface area contributed by atoms with Crippen LogP contribution in [-0.4, -0.2) is 5.91 Å². The minimum absolute atomic E-state index is 0.0197. The fraction of sp³-hybridized carbons (Fsp3) is 0.125. The van der Waals surface area contributed by atoms with Crippen LogP contribution in [0.4, 0.5) is 5.69 Å². The van der Waals surface area contributed by atoms with Gasteiger partial charge in [-0.2, -0.15) is 5.26 Å². The highest BCUT2D eigenvalue weighted by atomic mass is 79.9. The topological polar surface area (TPSA) is 71.3 Å². The summed E-state index contributed by atoms with van der Waals surface area (Å²) in [6, 6.07) is 28.0. The Labute approximate surface area is 241 Å². The van der Waals surface area contributed by atoms with Crippen LogP contribution in [0.3, 0.4) is 0 Å². The molecule has 5 nitrogen and oxygen atoms in total. The number of anilines is 1. The van der Waals surface area contributed by atoms with Crippen molar-refractivity contribution in [2.24, 2.45) is 0 Å². The van der Waals surface area contributed by atoms with Crippen molar-refractivity contribution in [3.8, 4) is 17.6 Å². The minimum atomic E-state index is -0.501. The summed E-state index contributed by atoms with van der Waals surface area (Å²) < 4.78 is 12.5. The van der Waals surface area contributed by atoms with E-state index in [0.29, 0.717) is 41.0 Å². The molecule has 7 heteroatoms. The van der Waals surface area contributed by atoms with Gasteiger partial charge < -0.3 is 14.8 Å². The Morgan fingerprint density at radius 1 is 0.897 bits per heavy atom. The molecule has 0 aromatic heterocycles. The van der Waals surface area contributed by atoms with Crippen molar-refractivity contribution in [3.63, 3.8) is 0 Å². The van der Waals surface area contributed by atoms with Gasteiger partial charge in [0.1, 0.15) is 36.4 Å². The zero-order valence-electron chi connectivity index (χ0n) is 21.5. The predicted molar refractivity (Wildman–Crippen MR) is 159 cm³/mol. The van der Waals surface area contributed by atoms with E-state index in [4.69, 9.17) is 21.1 Å². The van der Waals surface area contributed by atoms with Crippen LogP contribution >= 0.6 is 27.5 Å². The molecule has 0 aliphatic rings. The first-order valence-electron chi connectivity index (χ1n) is 12.2. The van der Waals surface area contributed by atoms with E-state index in [1.807, 2.05) is 48.5 Å². The molecule has 1 amide bonds. The van der Waals surface area contributed by atoms with E-state index in [0.717, 1.165) is 15.6 Å². The third-order valence-electron chi connectivity index (χ3n) is 6.03. The number of halogens is 2. The summed E-state index contributed by atoms with van der Waals surface area (Å²) in [5.41, 5.74) is 5.76. The molecule has 4 aromatic rings. The number of nitriles is 1. The lowest BCUT2D eigenvalue weighted by atomic mass is 10.1. The summed E-state index contributed by atoms with van der Waals surface area (Å²) in [7, 11) is 0. The molecule has 4 aromatic carbocycles. The lowest BCUT2D eigenvalue weighted by Crippen LogP contribution is -2.13. The fourth-order valence-corrected chi connectivity index (χ4v) is 4.31. The van der Waals surface area contributed by atoms with Crippen molar-refractivity contribution in [2.45, 2.75) is 27.1 Å². The van der Waals surface area contributed by atoms with E-state index in [1.165, 1.54) is 17.2 Å². The number of amides is 1. The summed E-state index contributed by atoms with van der Waals surface area (Å²) >= 11 is 9.44. The number of ether oxygens (including phenoxy) is 2. The number of nitrogens with zero attached hydrogens (tertiary/aromatic N) is 1. The molecule has 0 aliphatic carbocycles. The summed E-state index contributed by atoms with van der Waals surface area (Å²) in [5, 5.41) is 13.0. The maximum atomic E-state index is 12.8. The van der Waals surface area contributed by atoms with Crippen molar-refractivity contribution >= 4 is 45.2 Å². The second-order valence-electron chi connectivity index (χ2n) is 8.96. The second-order valence-corrected chi connectivity index (χ2v) is 10.3. The zero-order chi connectivity index (χ0) is 27.8. The van der Waals surface area contributed by atoms with Crippen molar-refractivity contribution in [2.75, 3.05) is 5.32 Å². The predicted octanol–water partition coefficient (Wildman–Crippen LogP) is 8.42. The number of rotatable bonds is 9. The molecule has 0 unspecified atom stereocenters. The molecule has 0 heterocycles. The molecule has 0 atom stereocenters. The van der Waals surface area contributed by atoms with Crippen LogP contribution < -0.4 is 14.8 Å². The minimum Gasteiger partial charge on any atom is -0.489 e. The SMILES string of the molecule is Cc1ccc(COc2ccc(/C=C(\C#N)C(=O)Nc3ccc(OCc4ccc(Cl)cc4)cc3)cc2Br)cc1C. The quantitative estimate of drug-likeness (QED) is 0.154. The van der Waals surface area contributed by atoms with E-state index in [2.05, 4.69) is 47.2 Å². The average Bonchev–Trinajstić information content (AvgIpc) is 2.93. The van der Waals surface area contributed by atoms with Crippen molar-refractivity contribution in [3.05, 3.63) is 128 Å². The van der Waals surface area contributed by atoms with Crippen LogP contribution in [0.5, 0.6) is 11.5 Å². The van der Waals surface area contributed by atoms with E-state index >= 15 is 0 Å². The first-order chi connectivity index (χ1) is 18.8. The Bertz CT molecular complexity index is 1540.